The van der Waals surface area contributed by atoms with E-state index >= 15 is 0 Å². The summed E-state index contributed by atoms with van der Waals surface area (Å²) in [7, 11) is 0. The molecule has 3 amide bonds. The number of hydrogen-bond acceptors (Lipinski definition) is 5. The summed E-state index contributed by atoms with van der Waals surface area (Å²) < 4.78 is 5.34. The number of fused-ring (bicyclic) bond motifs is 2. The number of carbonyl (C=O) groups excluding carboxylic acids is 3. The summed E-state index contributed by atoms with van der Waals surface area (Å²) in [5.41, 5.74) is -0.149. The van der Waals surface area contributed by atoms with Crippen LogP contribution in [0.5, 0.6) is 0 Å². The number of nitrogens with one attached hydrogen (secondary N) is 2. The number of nitrogens with zero attached hydrogens (tertiary/aromatic N) is 2. The first-order valence-corrected chi connectivity index (χ1v) is 10.6. The minimum Gasteiger partial charge on any atom is -0.444 e. The molecule has 2 aliphatic heterocycles. The number of ether oxygens (including phenoxy) is 1. The quantitative estimate of drug-likeness (QED) is 0.769. The van der Waals surface area contributed by atoms with Gasteiger partial charge in [0.2, 0.25) is 11.8 Å². The van der Waals surface area contributed by atoms with Gasteiger partial charge in [0.25, 0.3) is 0 Å². The highest BCUT2D eigenvalue weighted by molar-refractivity contribution is 6.07. The highest BCUT2D eigenvalue weighted by Gasteiger charge is 2.56. The average molecular weight is 427 g/mol. The van der Waals surface area contributed by atoms with Crippen molar-refractivity contribution in [2.75, 3.05) is 11.9 Å². The summed E-state index contributed by atoms with van der Waals surface area (Å²) in [4.78, 5) is 40.3. The molecule has 2 heterocycles. The molecule has 8 heteroatoms. The Morgan fingerprint density at radius 1 is 1.39 bits per heavy atom. The summed E-state index contributed by atoms with van der Waals surface area (Å²) >= 11 is 0. The molecule has 0 aromatic heterocycles. The summed E-state index contributed by atoms with van der Waals surface area (Å²) in [5, 5.41) is 15.4. The summed E-state index contributed by atoms with van der Waals surface area (Å²) in [6.45, 7) is 9.13. The molecule has 1 aromatic rings. The number of benzene rings is 1. The molecule has 1 saturated heterocycles. The standard InChI is InChI=1S/C23H30N4O4/c1-6-14(2)18(26-21(30)31-22(3,4)5)19(28)27-13-23(11-15(27)12-24)16-9-7-8-10-17(16)25-20(23)29/h7-10,14-15,18H,6,11,13H2,1-5H3,(H,25,29)(H,26,30)/t14-,15-,18-,23-/m0/s1. The maximum absolute atomic E-state index is 13.5. The van der Waals surface area contributed by atoms with Crippen molar-refractivity contribution in [3.63, 3.8) is 0 Å². The Hall–Kier alpha value is -3.08. The van der Waals surface area contributed by atoms with Gasteiger partial charge in [-0.1, -0.05) is 38.5 Å². The van der Waals surface area contributed by atoms with Crippen molar-refractivity contribution in [2.45, 2.75) is 70.6 Å². The van der Waals surface area contributed by atoms with Gasteiger partial charge in [0.05, 0.1) is 11.5 Å². The topological polar surface area (TPSA) is 112 Å². The maximum atomic E-state index is 13.5. The minimum absolute atomic E-state index is 0.0931. The van der Waals surface area contributed by atoms with E-state index in [4.69, 9.17) is 4.74 Å². The zero-order chi connectivity index (χ0) is 23.0. The van der Waals surface area contributed by atoms with Crippen molar-refractivity contribution in [1.82, 2.24) is 10.2 Å². The molecule has 0 unspecified atom stereocenters. The molecule has 31 heavy (non-hydrogen) atoms. The third-order valence-electron chi connectivity index (χ3n) is 6.07. The molecule has 2 aliphatic rings. The Labute approximate surface area is 182 Å². The second kappa shape index (κ2) is 8.22. The van der Waals surface area contributed by atoms with Gasteiger partial charge in [0.1, 0.15) is 17.7 Å². The predicted molar refractivity (Wildman–Crippen MR) is 115 cm³/mol. The number of hydrogen-bond donors (Lipinski definition) is 2. The minimum atomic E-state index is -0.960. The molecule has 2 N–H and O–H groups in total. The number of amides is 3. The first kappa shape index (κ1) is 22.6. The van der Waals surface area contributed by atoms with E-state index in [1.165, 1.54) is 4.90 Å². The molecular weight excluding hydrogens is 396 g/mol. The van der Waals surface area contributed by atoms with E-state index in [0.717, 1.165) is 5.56 Å². The van der Waals surface area contributed by atoms with Crippen LogP contribution in [0.15, 0.2) is 24.3 Å². The highest BCUT2D eigenvalue weighted by atomic mass is 16.6. The van der Waals surface area contributed by atoms with Crippen molar-refractivity contribution < 1.29 is 19.1 Å². The second-order valence-corrected chi connectivity index (χ2v) is 9.41. The van der Waals surface area contributed by atoms with Gasteiger partial charge in [-0.3, -0.25) is 9.59 Å². The average Bonchev–Trinajstić information content (AvgIpc) is 3.23. The third-order valence-corrected chi connectivity index (χ3v) is 6.07. The van der Waals surface area contributed by atoms with E-state index in [-0.39, 0.29) is 30.7 Å². The van der Waals surface area contributed by atoms with Crippen molar-refractivity contribution in [3.05, 3.63) is 29.8 Å². The zero-order valence-electron chi connectivity index (χ0n) is 18.7. The fourth-order valence-electron chi connectivity index (χ4n) is 4.28. The molecule has 1 fully saturated rings. The van der Waals surface area contributed by atoms with Crippen LogP contribution in [0.25, 0.3) is 0 Å². The molecule has 166 valence electrons. The summed E-state index contributed by atoms with van der Waals surface area (Å²) in [6.07, 6.45) is 0.182. The van der Waals surface area contributed by atoms with Gasteiger partial charge in [-0.15, -0.1) is 0 Å². The predicted octanol–water partition coefficient (Wildman–Crippen LogP) is 2.94. The molecule has 1 spiro atoms. The van der Waals surface area contributed by atoms with Gasteiger partial charge in [0, 0.05) is 18.7 Å². The molecule has 0 aliphatic carbocycles. The van der Waals surface area contributed by atoms with E-state index in [1.807, 2.05) is 38.1 Å². The lowest BCUT2D eigenvalue weighted by atomic mass is 9.80. The first-order chi connectivity index (χ1) is 14.5. The normalized spacial score (nSPS) is 24.2. The van der Waals surface area contributed by atoms with Gasteiger partial charge in [0.15, 0.2) is 0 Å². The number of carbonyl (C=O) groups is 3. The van der Waals surface area contributed by atoms with E-state index in [1.54, 1.807) is 20.8 Å². The van der Waals surface area contributed by atoms with Crippen LogP contribution in [0, 0.1) is 17.2 Å². The van der Waals surface area contributed by atoms with Crippen molar-refractivity contribution in [1.29, 1.82) is 5.26 Å². The van der Waals surface area contributed by atoms with E-state index in [2.05, 4.69) is 16.7 Å². The van der Waals surface area contributed by atoms with Gasteiger partial charge < -0.3 is 20.3 Å². The number of alkyl carbamates (subject to hydrolysis) is 1. The largest absolute Gasteiger partial charge is 0.444 e. The third kappa shape index (κ3) is 4.22. The molecule has 8 nitrogen and oxygen atoms in total. The molecule has 1 aromatic carbocycles. The Balaban J connectivity index is 1.89. The molecule has 0 bridgehead atoms. The van der Waals surface area contributed by atoms with E-state index in [0.29, 0.717) is 12.1 Å². The monoisotopic (exact) mass is 426 g/mol. The molecule has 3 rings (SSSR count). The van der Waals surface area contributed by atoms with Gasteiger partial charge in [-0.2, -0.15) is 5.26 Å². The number of likely N-dealkylation sites (tertiary alicyclic amines) is 1. The van der Waals surface area contributed by atoms with Crippen LogP contribution in [-0.4, -0.2) is 47.0 Å². The van der Waals surface area contributed by atoms with Gasteiger partial charge in [-0.25, -0.2) is 4.79 Å². The highest BCUT2D eigenvalue weighted by Crippen LogP contribution is 2.46. The van der Waals surface area contributed by atoms with Crippen LogP contribution in [0.3, 0.4) is 0 Å². The fraction of sp³-hybridized carbons (Fsp3) is 0.565. The zero-order valence-corrected chi connectivity index (χ0v) is 18.7. The number of rotatable bonds is 4. The van der Waals surface area contributed by atoms with Gasteiger partial charge >= 0.3 is 6.09 Å². The SMILES string of the molecule is CC[C@H](C)[C@H](NC(=O)OC(C)(C)C)C(=O)N1C[C@]2(C[C@H]1C#N)C(=O)Nc1ccccc12. The number of para-hydroxylation sites is 1. The molecule has 0 saturated carbocycles. The first-order valence-electron chi connectivity index (χ1n) is 10.6. The van der Waals surface area contributed by atoms with E-state index < -0.39 is 29.2 Å². The van der Waals surface area contributed by atoms with Crippen molar-refractivity contribution in [2.24, 2.45) is 5.92 Å². The van der Waals surface area contributed by atoms with Crippen LogP contribution < -0.4 is 10.6 Å². The Bertz CT molecular complexity index is 932. The Morgan fingerprint density at radius 2 is 2.06 bits per heavy atom. The lowest BCUT2D eigenvalue weighted by molar-refractivity contribution is -0.135. The molecule has 4 atom stereocenters. The number of nitriles is 1. The van der Waals surface area contributed by atoms with Crippen LogP contribution in [0.4, 0.5) is 10.5 Å². The summed E-state index contributed by atoms with van der Waals surface area (Å²) in [6, 6.07) is 7.92. The van der Waals surface area contributed by atoms with Crippen LogP contribution >= 0.6 is 0 Å². The molecule has 0 radical (unpaired) electrons. The number of anilines is 1. The lowest BCUT2D eigenvalue weighted by Crippen LogP contribution is -2.54. The van der Waals surface area contributed by atoms with Crippen molar-refractivity contribution in [3.8, 4) is 6.07 Å². The second-order valence-electron chi connectivity index (χ2n) is 9.41. The van der Waals surface area contributed by atoms with Crippen LogP contribution in [0.2, 0.25) is 0 Å². The molecular formula is C23H30N4O4. The Kier molecular flexibility index (Phi) is 5.99. The lowest BCUT2D eigenvalue weighted by Gasteiger charge is -2.31. The Morgan fingerprint density at radius 3 is 2.68 bits per heavy atom. The van der Waals surface area contributed by atoms with Gasteiger partial charge in [-0.05, 0) is 38.3 Å². The van der Waals surface area contributed by atoms with Crippen LogP contribution in [-0.2, 0) is 19.7 Å². The van der Waals surface area contributed by atoms with E-state index in [9.17, 15) is 19.6 Å². The van der Waals surface area contributed by atoms with Crippen molar-refractivity contribution >= 4 is 23.6 Å². The summed E-state index contributed by atoms with van der Waals surface area (Å²) in [5.74, 6) is -0.758. The fourth-order valence-corrected chi connectivity index (χ4v) is 4.28. The smallest absolute Gasteiger partial charge is 0.408 e. The maximum Gasteiger partial charge on any atom is 0.408 e. The van der Waals surface area contributed by atoms with Crippen LogP contribution in [0.1, 0.15) is 53.0 Å².